The van der Waals surface area contributed by atoms with Gasteiger partial charge >= 0.3 is 5.97 Å². The highest BCUT2D eigenvalue weighted by Crippen LogP contribution is 2.31. The van der Waals surface area contributed by atoms with Gasteiger partial charge in [0.25, 0.3) is 0 Å². The number of ether oxygens (including phenoxy) is 2. The van der Waals surface area contributed by atoms with E-state index in [0.717, 1.165) is 28.2 Å². The molecule has 0 aliphatic heterocycles. The summed E-state index contributed by atoms with van der Waals surface area (Å²) in [6, 6.07) is 7.72. The molecule has 36 heavy (non-hydrogen) atoms. The van der Waals surface area contributed by atoms with E-state index >= 15 is 0 Å². The van der Waals surface area contributed by atoms with Gasteiger partial charge in [-0.3, -0.25) is 9.36 Å². The second kappa shape index (κ2) is 12.7. The van der Waals surface area contributed by atoms with E-state index in [4.69, 9.17) is 9.47 Å². The number of thioether (sulfide) groups is 1. The lowest BCUT2D eigenvalue weighted by molar-refractivity contribution is -0.113. The number of nitrogens with one attached hydrogen (secondary N) is 1. The number of thiophene rings is 1. The minimum atomic E-state index is -0.440. The fourth-order valence-electron chi connectivity index (χ4n) is 3.47. The Hall–Kier alpha value is -3.11. The molecule has 0 bridgehead atoms. The molecule has 0 aliphatic carbocycles. The van der Waals surface area contributed by atoms with Crippen LogP contribution in [0.4, 0.5) is 5.00 Å². The second-order valence-corrected chi connectivity index (χ2v) is 10.1. The van der Waals surface area contributed by atoms with Crippen LogP contribution in [0.15, 0.2) is 42.1 Å². The van der Waals surface area contributed by atoms with Gasteiger partial charge in [-0.1, -0.05) is 36.9 Å². The van der Waals surface area contributed by atoms with Crippen molar-refractivity contribution in [2.24, 2.45) is 0 Å². The van der Waals surface area contributed by atoms with Gasteiger partial charge in [-0.05, 0) is 57.4 Å². The van der Waals surface area contributed by atoms with Crippen LogP contribution in [-0.4, -0.2) is 39.0 Å². The molecule has 1 amide bonds. The van der Waals surface area contributed by atoms with Crippen LogP contribution >= 0.6 is 23.1 Å². The van der Waals surface area contributed by atoms with E-state index in [1.54, 1.807) is 19.1 Å². The molecule has 1 unspecified atom stereocenters. The number of anilines is 1. The molecule has 1 N–H and O–H groups in total. The molecule has 3 aromatic rings. The van der Waals surface area contributed by atoms with Gasteiger partial charge in [0.1, 0.15) is 10.8 Å². The van der Waals surface area contributed by atoms with Crippen LogP contribution in [0.3, 0.4) is 0 Å². The molecular weight excluding hydrogens is 496 g/mol. The third-order valence-electron chi connectivity index (χ3n) is 5.49. The molecule has 10 heteroatoms. The number of benzene rings is 1. The highest BCUT2D eigenvalue weighted by molar-refractivity contribution is 7.99. The number of hydrogen-bond donors (Lipinski definition) is 1. The van der Waals surface area contributed by atoms with Crippen molar-refractivity contribution < 1.29 is 19.1 Å². The van der Waals surface area contributed by atoms with E-state index in [0.29, 0.717) is 28.1 Å². The van der Waals surface area contributed by atoms with Crippen molar-refractivity contribution in [3.8, 4) is 5.75 Å². The molecule has 2 aromatic heterocycles. The lowest BCUT2D eigenvalue weighted by Crippen LogP contribution is -2.17. The lowest BCUT2D eigenvalue weighted by atomic mass is 10.1. The van der Waals surface area contributed by atoms with Crippen molar-refractivity contribution in [3.63, 3.8) is 0 Å². The van der Waals surface area contributed by atoms with Crippen LogP contribution < -0.4 is 10.1 Å². The van der Waals surface area contributed by atoms with E-state index < -0.39 is 5.97 Å². The minimum Gasteiger partial charge on any atom is -0.482 e. The van der Waals surface area contributed by atoms with Gasteiger partial charge in [0.15, 0.2) is 17.1 Å². The smallest absolute Gasteiger partial charge is 0.341 e. The number of nitrogens with zero attached hydrogens (tertiary/aromatic N) is 3. The fraction of sp³-hybridized carbons (Fsp3) is 0.385. The normalized spacial score (nSPS) is 11.7. The Morgan fingerprint density at radius 1 is 1.28 bits per heavy atom. The second-order valence-electron chi connectivity index (χ2n) is 8.06. The third-order valence-corrected chi connectivity index (χ3v) is 7.65. The maximum atomic E-state index is 12.8. The van der Waals surface area contributed by atoms with E-state index in [1.807, 2.05) is 50.5 Å². The molecule has 0 aliphatic rings. The Morgan fingerprint density at radius 2 is 2.06 bits per heavy atom. The van der Waals surface area contributed by atoms with Crippen LogP contribution in [0.5, 0.6) is 5.75 Å². The minimum absolute atomic E-state index is 0.100. The van der Waals surface area contributed by atoms with Gasteiger partial charge in [0.2, 0.25) is 5.91 Å². The van der Waals surface area contributed by atoms with E-state index in [2.05, 4.69) is 22.1 Å². The van der Waals surface area contributed by atoms with Gasteiger partial charge in [-0.2, -0.15) is 0 Å². The topological polar surface area (TPSA) is 95.3 Å². The molecule has 0 radical (unpaired) electrons. The van der Waals surface area contributed by atoms with Crippen molar-refractivity contribution in [1.29, 1.82) is 0 Å². The third kappa shape index (κ3) is 6.55. The average Bonchev–Trinajstić information content (AvgIpc) is 3.45. The number of aromatic nitrogens is 3. The van der Waals surface area contributed by atoms with Crippen LogP contribution in [0, 0.1) is 13.8 Å². The van der Waals surface area contributed by atoms with Crippen LogP contribution in [0.25, 0.3) is 0 Å². The van der Waals surface area contributed by atoms with Gasteiger partial charge in [0, 0.05) is 11.4 Å². The summed E-state index contributed by atoms with van der Waals surface area (Å²) in [5.74, 6) is 0.857. The molecule has 2 heterocycles. The SMILES string of the molecule is C=CCn1c(SCC(=O)Nc2sc(CC)cc2C(=O)OCC)nnc1C(C)Oc1cccc(C)c1C. The number of hydrogen-bond acceptors (Lipinski definition) is 8. The average molecular weight is 529 g/mol. The molecule has 1 atom stereocenters. The summed E-state index contributed by atoms with van der Waals surface area (Å²) in [7, 11) is 0. The molecule has 0 fully saturated rings. The Morgan fingerprint density at radius 3 is 2.75 bits per heavy atom. The Labute approximate surface area is 220 Å². The van der Waals surface area contributed by atoms with Crippen molar-refractivity contribution >= 4 is 40.0 Å². The zero-order valence-electron chi connectivity index (χ0n) is 21.3. The quantitative estimate of drug-likeness (QED) is 0.182. The number of esters is 1. The maximum Gasteiger partial charge on any atom is 0.341 e. The molecule has 1 aromatic carbocycles. The number of carbonyl (C=O) groups is 2. The van der Waals surface area contributed by atoms with Crippen molar-refractivity contribution in [3.05, 3.63) is 64.3 Å². The molecule has 192 valence electrons. The zero-order valence-corrected chi connectivity index (χ0v) is 22.9. The Balaban J connectivity index is 1.71. The van der Waals surface area contributed by atoms with Crippen molar-refractivity contribution in [1.82, 2.24) is 14.8 Å². The number of amides is 1. The molecule has 0 spiro atoms. The summed E-state index contributed by atoms with van der Waals surface area (Å²) in [5.41, 5.74) is 2.61. The van der Waals surface area contributed by atoms with E-state index in [9.17, 15) is 9.59 Å². The summed E-state index contributed by atoms with van der Waals surface area (Å²) in [6.45, 7) is 14.3. The number of rotatable bonds is 12. The van der Waals surface area contributed by atoms with E-state index in [1.165, 1.54) is 23.1 Å². The van der Waals surface area contributed by atoms with Gasteiger partial charge in [-0.15, -0.1) is 28.1 Å². The summed E-state index contributed by atoms with van der Waals surface area (Å²) in [6.07, 6.45) is 2.16. The number of allylic oxidation sites excluding steroid dienone is 1. The highest BCUT2D eigenvalue weighted by Gasteiger charge is 2.22. The van der Waals surface area contributed by atoms with Gasteiger partial charge < -0.3 is 14.8 Å². The molecular formula is C26H32N4O4S2. The maximum absolute atomic E-state index is 12.8. The largest absolute Gasteiger partial charge is 0.482 e. The standard InChI is InChI=1S/C26H32N4O4S2/c1-7-13-30-23(18(6)34-21-12-10-11-16(4)17(21)5)28-29-26(30)35-15-22(31)27-24-20(25(32)33-9-3)14-19(8-2)36-24/h7,10-12,14,18H,1,8-9,13,15H2,2-6H3,(H,27,31). The first-order valence-corrected chi connectivity index (χ1v) is 13.6. The predicted octanol–water partition coefficient (Wildman–Crippen LogP) is 5.75. The molecule has 0 saturated heterocycles. The first kappa shape index (κ1) is 27.5. The van der Waals surface area contributed by atoms with Crippen molar-refractivity contribution in [2.75, 3.05) is 17.7 Å². The van der Waals surface area contributed by atoms with Crippen LogP contribution in [0.2, 0.25) is 0 Å². The zero-order chi connectivity index (χ0) is 26.2. The fourth-order valence-corrected chi connectivity index (χ4v) is 5.22. The summed E-state index contributed by atoms with van der Waals surface area (Å²) in [4.78, 5) is 26.0. The predicted molar refractivity (Wildman–Crippen MR) is 144 cm³/mol. The number of carbonyl (C=O) groups excluding carboxylic acids is 2. The summed E-state index contributed by atoms with van der Waals surface area (Å²) >= 11 is 2.64. The summed E-state index contributed by atoms with van der Waals surface area (Å²) in [5, 5.41) is 12.6. The first-order valence-electron chi connectivity index (χ1n) is 11.8. The van der Waals surface area contributed by atoms with Crippen LogP contribution in [0.1, 0.15) is 59.1 Å². The Kier molecular flexibility index (Phi) is 9.72. The van der Waals surface area contributed by atoms with E-state index in [-0.39, 0.29) is 24.4 Å². The number of aryl methyl sites for hydroxylation is 2. The summed E-state index contributed by atoms with van der Waals surface area (Å²) < 4.78 is 13.2. The molecule has 8 nitrogen and oxygen atoms in total. The Bertz CT molecular complexity index is 1230. The van der Waals surface area contributed by atoms with Gasteiger partial charge in [0.05, 0.1) is 17.9 Å². The lowest BCUT2D eigenvalue weighted by Gasteiger charge is -2.18. The highest BCUT2D eigenvalue weighted by atomic mass is 32.2. The monoisotopic (exact) mass is 528 g/mol. The van der Waals surface area contributed by atoms with Gasteiger partial charge in [-0.25, -0.2) is 4.79 Å². The molecule has 3 rings (SSSR count). The van der Waals surface area contributed by atoms with Crippen molar-refractivity contribution in [2.45, 2.75) is 58.8 Å². The first-order chi connectivity index (χ1) is 17.3. The molecule has 0 saturated carbocycles. The van der Waals surface area contributed by atoms with Crippen LogP contribution in [-0.2, 0) is 22.5 Å².